The van der Waals surface area contributed by atoms with Gasteiger partial charge in [-0.2, -0.15) is 0 Å². The largest absolute Gasteiger partial charge is 0.497 e. The van der Waals surface area contributed by atoms with Crippen molar-refractivity contribution in [1.82, 2.24) is 4.98 Å². The molecule has 8 nitrogen and oxygen atoms in total. The number of aromatic nitrogens is 1. The molecule has 1 unspecified atom stereocenters. The van der Waals surface area contributed by atoms with Crippen molar-refractivity contribution in [3.63, 3.8) is 0 Å². The van der Waals surface area contributed by atoms with Gasteiger partial charge in [0.15, 0.2) is 0 Å². The first-order chi connectivity index (χ1) is 17.3. The lowest BCUT2D eigenvalue weighted by molar-refractivity contribution is -0.138. The summed E-state index contributed by atoms with van der Waals surface area (Å²) in [7, 11) is 3.10. The van der Waals surface area contributed by atoms with Crippen molar-refractivity contribution in [2.24, 2.45) is 0 Å². The number of hydrogen-bond acceptors (Lipinski definition) is 7. The molecule has 36 heavy (non-hydrogen) atoms. The topological polar surface area (TPSA) is 118 Å². The fourth-order valence-electron chi connectivity index (χ4n) is 3.80. The van der Waals surface area contributed by atoms with Crippen LogP contribution in [0.4, 0.5) is 0 Å². The molecular formula is C27H25NO7S. The minimum Gasteiger partial charge on any atom is -0.497 e. The average molecular weight is 508 g/mol. The maximum atomic E-state index is 12.0. The Kier molecular flexibility index (Phi) is 7.60. The minimum atomic E-state index is -0.931. The number of aliphatic carboxylic acids is 1. The van der Waals surface area contributed by atoms with Gasteiger partial charge in [0.05, 0.1) is 25.0 Å². The number of ether oxygens (including phenoxy) is 3. The summed E-state index contributed by atoms with van der Waals surface area (Å²) in [5, 5.41) is 19.6. The third-order valence-corrected chi connectivity index (χ3v) is 6.53. The number of methoxy groups -OCH3 is 2. The van der Waals surface area contributed by atoms with Crippen molar-refractivity contribution < 1.29 is 29.2 Å². The lowest BCUT2D eigenvalue weighted by Crippen LogP contribution is -2.14. The van der Waals surface area contributed by atoms with E-state index in [9.17, 15) is 19.8 Å². The van der Waals surface area contributed by atoms with Crippen LogP contribution in [0.25, 0.3) is 0 Å². The second kappa shape index (κ2) is 11.0. The summed E-state index contributed by atoms with van der Waals surface area (Å²) in [5.41, 5.74) is 2.36. The highest BCUT2D eigenvalue weighted by molar-refractivity contribution is 7.09. The standard InChI is InChI=1S/C27H25NO7S/c1-33-21-11-17(12-22(15-21)34-2)13-23(26(30)31)18-5-9-20(10-6-18)35-19-7-3-16(4-8-19)14-24-25(29)28-27(32)36-24/h3-12,15,23,29H,13-14H2,1-2H3,(H,28,32)(H,30,31). The van der Waals surface area contributed by atoms with E-state index in [4.69, 9.17) is 14.2 Å². The van der Waals surface area contributed by atoms with E-state index >= 15 is 0 Å². The van der Waals surface area contributed by atoms with Crippen LogP contribution in [0.5, 0.6) is 28.9 Å². The number of carboxylic acids is 1. The van der Waals surface area contributed by atoms with E-state index in [2.05, 4.69) is 4.98 Å². The molecule has 0 aliphatic rings. The van der Waals surface area contributed by atoms with Crippen molar-refractivity contribution in [2.45, 2.75) is 18.8 Å². The van der Waals surface area contributed by atoms with E-state index in [0.29, 0.717) is 39.9 Å². The summed E-state index contributed by atoms with van der Waals surface area (Å²) in [5.74, 6) is 0.593. The fourth-order valence-corrected chi connectivity index (χ4v) is 4.56. The van der Waals surface area contributed by atoms with Gasteiger partial charge in [-0.1, -0.05) is 35.6 Å². The first-order valence-corrected chi connectivity index (χ1v) is 11.9. The Morgan fingerprint density at radius 2 is 1.47 bits per heavy atom. The van der Waals surface area contributed by atoms with Gasteiger partial charge in [0.25, 0.3) is 0 Å². The normalized spacial score (nSPS) is 11.6. The van der Waals surface area contributed by atoms with Gasteiger partial charge in [0, 0.05) is 12.5 Å². The molecule has 3 aromatic carbocycles. The van der Waals surface area contributed by atoms with Crippen LogP contribution < -0.4 is 19.1 Å². The Morgan fingerprint density at radius 1 is 0.889 bits per heavy atom. The Bertz CT molecular complexity index is 1370. The molecule has 0 bridgehead atoms. The Labute approximate surface area is 211 Å². The molecular weight excluding hydrogens is 482 g/mol. The molecule has 0 aliphatic carbocycles. The monoisotopic (exact) mass is 507 g/mol. The molecule has 4 aromatic rings. The van der Waals surface area contributed by atoms with Crippen molar-refractivity contribution in [2.75, 3.05) is 14.2 Å². The number of aromatic amines is 1. The highest BCUT2D eigenvalue weighted by Gasteiger charge is 2.21. The zero-order valence-corrected chi connectivity index (χ0v) is 20.5. The van der Waals surface area contributed by atoms with E-state index in [1.165, 1.54) is 0 Å². The Hall–Kier alpha value is -4.24. The summed E-state index contributed by atoms with van der Waals surface area (Å²) in [6.45, 7) is 0. The van der Waals surface area contributed by atoms with Crippen molar-refractivity contribution >= 4 is 17.3 Å². The number of carbonyl (C=O) groups is 1. The highest BCUT2D eigenvalue weighted by atomic mass is 32.1. The van der Waals surface area contributed by atoms with Crippen LogP contribution in [-0.4, -0.2) is 35.4 Å². The molecule has 0 fully saturated rings. The number of nitrogens with one attached hydrogen (secondary N) is 1. The zero-order chi connectivity index (χ0) is 25.7. The highest BCUT2D eigenvalue weighted by Crippen LogP contribution is 2.30. The van der Waals surface area contributed by atoms with Crippen molar-refractivity contribution in [1.29, 1.82) is 0 Å². The van der Waals surface area contributed by atoms with Crippen molar-refractivity contribution in [3.05, 3.63) is 98.0 Å². The van der Waals surface area contributed by atoms with E-state index in [1.807, 2.05) is 12.1 Å². The summed E-state index contributed by atoms with van der Waals surface area (Å²) >= 11 is 0.979. The third kappa shape index (κ3) is 6.05. The summed E-state index contributed by atoms with van der Waals surface area (Å²) in [4.78, 5) is 26.0. The maximum Gasteiger partial charge on any atom is 0.311 e. The van der Waals surface area contributed by atoms with E-state index < -0.39 is 11.9 Å². The first kappa shape index (κ1) is 24.9. The quantitative estimate of drug-likeness (QED) is 0.278. The number of thiazole rings is 1. The Morgan fingerprint density at radius 3 is 1.97 bits per heavy atom. The lowest BCUT2D eigenvalue weighted by atomic mass is 9.92. The molecule has 0 saturated heterocycles. The van der Waals surface area contributed by atoms with Gasteiger partial charge in [-0.15, -0.1) is 0 Å². The predicted molar refractivity (Wildman–Crippen MR) is 136 cm³/mol. The smallest absolute Gasteiger partial charge is 0.311 e. The SMILES string of the molecule is COc1cc(CC(C(=O)O)c2ccc(Oc3ccc(Cc4sc(=O)[nH]c4O)cc3)cc2)cc(OC)c1. The van der Waals surface area contributed by atoms with Crippen LogP contribution in [0.1, 0.15) is 27.5 Å². The zero-order valence-electron chi connectivity index (χ0n) is 19.7. The van der Waals surface area contributed by atoms with Gasteiger partial charge in [-0.25, -0.2) is 0 Å². The molecule has 0 aliphatic heterocycles. The molecule has 0 spiro atoms. The van der Waals surface area contributed by atoms with Gasteiger partial charge < -0.3 is 24.4 Å². The minimum absolute atomic E-state index is 0.101. The van der Waals surface area contributed by atoms with Gasteiger partial charge in [0.2, 0.25) is 5.88 Å². The van der Waals surface area contributed by atoms with Crippen molar-refractivity contribution in [3.8, 4) is 28.9 Å². The molecule has 4 rings (SSSR count). The van der Waals surface area contributed by atoms with Gasteiger partial charge in [0.1, 0.15) is 23.0 Å². The van der Waals surface area contributed by atoms with E-state index in [0.717, 1.165) is 22.5 Å². The number of aromatic hydroxyl groups is 1. The van der Waals surface area contributed by atoms with Crippen LogP contribution >= 0.6 is 11.3 Å². The second-order valence-electron chi connectivity index (χ2n) is 8.09. The molecule has 3 N–H and O–H groups in total. The van der Waals surface area contributed by atoms with Gasteiger partial charge >= 0.3 is 10.8 Å². The second-order valence-corrected chi connectivity index (χ2v) is 9.16. The summed E-state index contributed by atoms with van der Waals surface area (Å²) < 4.78 is 16.5. The fraction of sp³-hybridized carbons (Fsp3) is 0.185. The molecule has 1 heterocycles. The number of hydrogen-bond donors (Lipinski definition) is 3. The predicted octanol–water partition coefficient (Wildman–Crippen LogP) is 4.95. The molecule has 0 radical (unpaired) electrons. The maximum absolute atomic E-state index is 12.0. The molecule has 1 aromatic heterocycles. The van der Waals surface area contributed by atoms with Crippen LogP contribution in [0.2, 0.25) is 0 Å². The number of rotatable bonds is 10. The summed E-state index contributed by atoms with van der Waals surface area (Å²) in [6.07, 6.45) is 0.704. The molecule has 0 amide bonds. The number of H-pyrrole nitrogens is 1. The average Bonchev–Trinajstić information content (AvgIpc) is 3.20. The third-order valence-electron chi connectivity index (χ3n) is 5.66. The van der Waals surface area contributed by atoms with Crippen LogP contribution in [0.3, 0.4) is 0 Å². The van der Waals surface area contributed by atoms with Crippen LogP contribution in [-0.2, 0) is 17.6 Å². The van der Waals surface area contributed by atoms with E-state index in [-0.39, 0.29) is 17.2 Å². The Balaban J connectivity index is 1.44. The molecule has 1 atom stereocenters. The molecule has 0 saturated carbocycles. The molecule has 9 heteroatoms. The van der Waals surface area contributed by atoms with Gasteiger partial charge in [-0.3, -0.25) is 14.6 Å². The van der Waals surface area contributed by atoms with Crippen LogP contribution in [0.15, 0.2) is 71.5 Å². The molecule has 186 valence electrons. The van der Waals surface area contributed by atoms with Crippen LogP contribution in [0, 0.1) is 0 Å². The van der Waals surface area contributed by atoms with E-state index in [1.54, 1.807) is 68.8 Å². The summed E-state index contributed by atoms with van der Waals surface area (Å²) in [6, 6.07) is 19.6. The number of benzene rings is 3. The first-order valence-electron chi connectivity index (χ1n) is 11.1. The van der Waals surface area contributed by atoms with Gasteiger partial charge in [-0.05, 0) is 59.5 Å². The lowest BCUT2D eigenvalue weighted by Gasteiger charge is -2.15. The number of carboxylic acid groups (broad SMARTS) is 1.